The number of hydrogen-bond acceptors (Lipinski definition) is 4. The maximum absolute atomic E-state index is 12.7. The van der Waals surface area contributed by atoms with E-state index in [1.54, 1.807) is 11.5 Å². The highest BCUT2D eigenvalue weighted by atomic mass is 16.5. The molecule has 1 aliphatic heterocycles. The second kappa shape index (κ2) is 6.83. The van der Waals surface area contributed by atoms with Gasteiger partial charge >= 0.3 is 5.97 Å². The first-order valence-corrected chi connectivity index (χ1v) is 8.16. The Kier molecular flexibility index (Phi) is 4.60. The monoisotopic (exact) mass is 324 g/mol. The normalized spacial score (nSPS) is 18.2. The van der Waals surface area contributed by atoms with Crippen LogP contribution in [0.25, 0.3) is 11.6 Å². The van der Waals surface area contributed by atoms with E-state index in [1.165, 1.54) is 6.20 Å². The van der Waals surface area contributed by atoms with Gasteiger partial charge in [0.1, 0.15) is 11.4 Å². The van der Waals surface area contributed by atoms with Gasteiger partial charge in [0, 0.05) is 12.2 Å². The molecule has 0 N–H and O–H groups in total. The Morgan fingerprint density at radius 1 is 1.38 bits per heavy atom. The third-order valence-electron chi connectivity index (χ3n) is 4.19. The fourth-order valence-electron chi connectivity index (χ4n) is 2.96. The van der Waals surface area contributed by atoms with Crippen LogP contribution >= 0.6 is 0 Å². The van der Waals surface area contributed by atoms with E-state index in [2.05, 4.69) is 4.98 Å². The van der Waals surface area contributed by atoms with Crippen LogP contribution in [-0.4, -0.2) is 22.1 Å². The minimum Gasteiger partial charge on any atom is -0.462 e. The molecule has 0 radical (unpaired) electrons. The van der Waals surface area contributed by atoms with E-state index in [0.29, 0.717) is 5.82 Å². The van der Waals surface area contributed by atoms with Crippen molar-refractivity contribution in [1.29, 1.82) is 0 Å². The van der Waals surface area contributed by atoms with Crippen LogP contribution in [-0.2, 0) is 4.74 Å². The molecule has 1 unspecified atom stereocenters. The average molecular weight is 324 g/mol. The van der Waals surface area contributed by atoms with E-state index in [-0.39, 0.29) is 23.8 Å². The number of fused-ring (bicyclic) bond motifs is 1. The van der Waals surface area contributed by atoms with Crippen LogP contribution in [0.3, 0.4) is 0 Å². The first-order chi connectivity index (χ1) is 11.6. The smallest absolute Gasteiger partial charge is 0.345 e. The predicted octanol–water partition coefficient (Wildman–Crippen LogP) is 3.32. The molecule has 5 heteroatoms. The number of carbonyl (C=O) groups is 1. The minimum atomic E-state index is -0.614. The molecule has 24 heavy (non-hydrogen) atoms. The lowest BCUT2D eigenvalue weighted by Crippen LogP contribution is -2.34. The van der Waals surface area contributed by atoms with Gasteiger partial charge in [-0.25, -0.2) is 9.78 Å². The lowest BCUT2D eigenvalue weighted by molar-refractivity contribution is 0.0522. The molecule has 3 rings (SSSR count). The number of allylic oxidation sites excluding steroid dienone is 1. The van der Waals surface area contributed by atoms with Crippen molar-refractivity contribution >= 4 is 17.6 Å². The topological polar surface area (TPSA) is 61.2 Å². The van der Waals surface area contributed by atoms with E-state index < -0.39 is 5.97 Å². The van der Waals surface area contributed by atoms with Gasteiger partial charge in [0.15, 0.2) is 0 Å². The summed E-state index contributed by atoms with van der Waals surface area (Å²) in [6, 6.07) is 9.95. The van der Waals surface area contributed by atoms with Crippen molar-refractivity contribution < 1.29 is 9.53 Å². The fourth-order valence-corrected chi connectivity index (χ4v) is 2.96. The molecule has 2 heterocycles. The highest BCUT2D eigenvalue weighted by molar-refractivity contribution is 5.89. The molecule has 0 saturated carbocycles. The van der Waals surface area contributed by atoms with Crippen molar-refractivity contribution in [2.24, 2.45) is 0 Å². The van der Waals surface area contributed by atoms with Gasteiger partial charge in [0.25, 0.3) is 5.56 Å². The van der Waals surface area contributed by atoms with E-state index in [0.717, 1.165) is 24.0 Å². The molecule has 124 valence electrons. The van der Waals surface area contributed by atoms with Gasteiger partial charge in [-0.2, -0.15) is 0 Å². The zero-order chi connectivity index (χ0) is 17.1. The molecular formula is C19H20N2O3. The summed E-state index contributed by atoms with van der Waals surface area (Å²) in [4.78, 5) is 29.1. The van der Waals surface area contributed by atoms with Crippen molar-refractivity contribution in [1.82, 2.24) is 9.55 Å². The summed E-state index contributed by atoms with van der Waals surface area (Å²) in [5.74, 6) is 0.0207. The van der Waals surface area contributed by atoms with Crippen LogP contribution < -0.4 is 5.56 Å². The minimum absolute atomic E-state index is 0.00213. The molecule has 5 nitrogen and oxygen atoms in total. The summed E-state index contributed by atoms with van der Waals surface area (Å²) >= 11 is 0. The number of rotatable bonds is 3. The lowest BCUT2D eigenvalue weighted by Gasteiger charge is -2.26. The Labute approximate surface area is 140 Å². The van der Waals surface area contributed by atoms with Crippen molar-refractivity contribution in [2.75, 3.05) is 6.61 Å². The summed E-state index contributed by atoms with van der Waals surface area (Å²) in [6.45, 7) is 3.92. The van der Waals surface area contributed by atoms with Gasteiger partial charge in [0.2, 0.25) is 0 Å². The molecule has 0 bridgehead atoms. The van der Waals surface area contributed by atoms with E-state index >= 15 is 0 Å². The number of aromatic nitrogens is 2. The number of benzene rings is 1. The van der Waals surface area contributed by atoms with Crippen LogP contribution in [0.1, 0.15) is 54.5 Å². The molecule has 1 aromatic carbocycles. The Bertz CT molecular complexity index is 837. The molecule has 1 aromatic heterocycles. The summed E-state index contributed by atoms with van der Waals surface area (Å²) in [6.07, 6.45) is 5.07. The van der Waals surface area contributed by atoms with Crippen molar-refractivity contribution in [3.8, 4) is 0 Å². The molecule has 0 saturated heterocycles. The SMILES string of the molecule is CCOC(=O)c1cnc2n(c1=O)C(C)CC/C2=C\c1ccccc1. The Balaban J connectivity index is 2.09. The molecule has 1 aliphatic rings. The van der Waals surface area contributed by atoms with E-state index in [4.69, 9.17) is 4.74 Å². The maximum atomic E-state index is 12.7. The standard InChI is InChI=1S/C19H20N2O3/c1-3-24-19(23)16-12-20-17-15(11-14-7-5-4-6-8-14)10-9-13(2)21(17)18(16)22/h4-8,11-13H,3,9-10H2,1-2H3/b15-11+. The van der Waals surface area contributed by atoms with E-state index in [1.807, 2.05) is 43.3 Å². The molecule has 0 fully saturated rings. The zero-order valence-electron chi connectivity index (χ0n) is 13.9. The molecule has 0 spiro atoms. The van der Waals surface area contributed by atoms with Crippen LogP contribution in [0.4, 0.5) is 0 Å². The van der Waals surface area contributed by atoms with Gasteiger partial charge in [-0.1, -0.05) is 30.3 Å². The second-order valence-electron chi connectivity index (χ2n) is 5.86. The highest BCUT2D eigenvalue weighted by Crippen LogP contribution is 2.31. The van der Waals surface area contributed by atoms with Crippen molar-refractivity contribution in [3.63, 3.8) is 0 Å². The fraction of sp³-hybridized carbons (Fsp3) is 0.316. The largest absolute Gasteiger partial charge is 0.462 e. The van der Waals surface area contributed by atoms with Crippen LogP contribution in [0.15, 0.2) is 41.3 Å². The summed E-state index contributed by atoms with van der Waals surface area (Å²) < 4.78 is 6.57. The molecule has 1 atom stereocenters. The summed E-state index contributed by atoms with van der Waals surface area (Å²) in [5, 5.41) is 0. The Morgan fingerprint density at radius 2 is 2.12 bits per heavy atom. The molecule has 0 aliphatic carbocycles. The van der Waals surface area contributed by atoms with Crippen LogP contribution in [0.5, 0.6) is 0 Å². The van der Waals surface area contributed by atoms with E-state index in [9.17, 15) is 9.59 Å². The summed E-state index contributed by atoms with van der Waals surface area (Å²) in [5.41, 5.74) is 1.74. The number of ether oxygens (including phenoxy) is 1. The van der Waals surface area contributed by atoms with Crippen LogP contribution in [0.2, 0.25) is 0 Å². The zero-order valence-corrected chi connectivity index (χ0v) is 13.9. The van der Waals surface area contributed by atoms with Crippen molar-refractivity contribution in [3.05, 3.63) is 63.8 Å². The first kappa shape index (κ1) is 16.2. The number of esters is 1. The number of nitrogens with zero attached hydrogens (tertiary/aromatic N) is 2. The maximum Gasteiger partial charge on any atom is 0.345 e. The third-order valence-corrected chi connectivity index (χ3v) is 4.19. The first-order valence-electron chi connectivity index (χ1n) is 8.16. The third kappa shape index (κ3) is 3.02. The predicted molar refractivity (Wildman–Crippen MR) is 92.7 cm³/mol. The van der Waals surface area contributed by atoms with Gasteiger partial charge in [-0.05, 0) is 43.9 Å². The summed E-state index contributed by atoms with van der Waals surface area (Å²) in [7, 11) is 0. The molecule has 2 aromatic rings. The highest BCUT2D eigenvalue weighted by Gasteiger charge is 2.25. The van der Waals surface area contributed by atoms with Gasteiger partial charge in [-0.3, -0.25) is 9.36 Å². The van der Waals surface area contributed by atoms with Gasteiger partial charge < -0.3 is 4.74 Å². The number of hydrogen-bond donors (Lipinski definition) is 0. The van der Waals surface area contributed by atoms with Crippen molar-refractivity contribution in [2.45, 2.75) is 32.7 Å². The lowest BCUT2D eigenvalue weighted by atomic mass is 9.97. The number of carbonyl (C=O) groups excluding carboxylic acids is 1. The van der Waals surface area contributed by atoms with Crippen LogP contribution in [0, 0.1) is 0 Å². The van der Waals surface area contributed by atoms with Gasteiger partial charge in [0.05, 0.1) is 6.61 Å². The molecule has 0 amide bonds. The quantitative estimate of drug-likeness (QED) is 0.813. The molecular weight excluding hydrogens is 304 g/mol. The second-order valence-corrected chi connectivity index (χ2v) is 5.86. The average Bonchev–Trinajstić information content (AvgIpc) is 2.58. The Hall–Kier alpha value is -2.69. The Morgan fingerprint density at radius 3 is 2.83 bits per heavy atom. The van der Waals surface area contributed by atoms with Gasteiger partial charge in [-0.15, -0.1) is 0 Å².